The normalized spacial score (nSPS) is 19.3. The van der Waals surface area contributed by atoms with Crippen molar-refractivity contribution in [3.05, 3.63) is 95.3 Å². The van der Waals surface area contributed by atoms with Crippen LogP contribution >= 0.6 is 0 Å². The van der Waals surface area contributed by atoms with E-state index in [0.29, 0.717) is 24.3 Å². The Kier molecular flexibility index (Phi) is 8.47. The van der Waals surface area contributed by atoms with Gasteiger partial charge in [-0.1, -0.05) is 30.3 Å². The van der Waals surface area contributed by atoms with Gasteiger partial charge in [-0.05, 0) is 47.5 Å². The van der Waals surface area contributed by atoms with Crippen LogP contribution in [0.15, 0.2) is 72.8 Å². The predicted octanol–water partition coefficient (Wildman–Crippen LogP) is 3.33. The van der Waals surface area contributed by atoms with E-state index in [1.165, 1.54) is 31.4 Å². The number of nitrogens with zero attached hydrogens (tertiary/aromatic N) is 1. The minimum absolute atomic E-state index is 0.0655. The Bertz CT molecular complexity index is 1460. The third-order valence-corrected chi connectivity index (χ3v) is 6.88. The quantitative estimate of drug-likeness (QED) is 0.477. The molecule has 4 bridgehead atoms. The zero-order chi connectivity index (χ0) is 28.8. The molecule has 3 aromatic rings. The molecule has 2 aliphatic heterocycles. The fraction of sp³-hybridized carbons (Fsp3) is 0.258. The van der Waals surface area contributed by atoms with Crippen LogP contribution in [0.2, 0.25) is 0 Å². The second kappa shape index (κ2) is 12.5. The van der Waals surface area contributed by atoms with Gasteiger partial charge in [-0.25, -0.2) is 4.39 Å². The van der Waals surface area contributed by atoms with E-state index >= 15 is 0 Å². The van der Waals surface area contributed by atoms with Crippen molar-refractivity contribution in [2.75, 3.05) is 26.8 Å². The SMILES string of the molecule is COc1ccc2cc1OCC(=O)N[C@@H]1CN(C(=O)/C=C/c3ccccc3)CC[C@@H]1Oc1cc(F)cc(c1)CNC2=O. The Balaban J connectivity index is 1.40. The van der Waals surface area contributed by atoms with Gasteiger partial charge in [0.1, 0.15) is 17.7 Å². The maximum Gasteiger partial charge on any atom is 0.258 e. The Morgan fingerprint density at radius 1 is 1.10 bits per heavy atom. The number of piperidine rings is 1. The number of ether oxygens (including phenoxy) is 3. The summed E-state index contributed by atoms with van der Waals surface area (Å²) in [5, 5.41) is 5.68. The number of carbonyl (C=O) groups excluding carboxylic acids is 3. The van der Waals surface area contributed by atoms with E-state index in [0.717, 1.165) is 5.56 Å². The van der Waals surface area contributed by atoms with Crippen LogP contribution in [0.1, 0.15) is 27.9 Å². The van der Waals surface area contributed by atoms with E-state index in [-0.39, 0.29) is 42.7 Å². The largest absolute Gasteiger partial charge is 0.493 e. The first kappa shape index (κ1) is 27.7. The van der Waals surface area contributed by atoms with Crippen LogP contribution in [0.5, 0.6) is 17.2 Å². The number of hydrogen-bond acceptors (Lipinski definition) is 6. The fourth-order valence-corrected chi connectivity index (χ4v) is 4.82. The van der Waals surface area contributed by atoms with Crippen molar-refractivity contribution in [3.8, 4) is 17.2 Å². The molecule has 1 fully saturated rings. The van der Waals surface area contributed by atoms with Crippen molar-refractivity contribution in [1.29, 1.82) is 0 Å². The van der Waals surface area contributed by atoms with Gasteiger partial charge in [-0.2, -0.15) is 0 Å². The summed E-state index contributed by atoms with van der Waals surface area (Å²) in [6.07, 6.45) is 3.10. The molecule has 10 heteroatoms. The third-order valence-electron chi connectivity index (χ3n) is 6.88. The molecule has 5 rings (SSSR count). The van der Waals surface area contributed by atoms with Crippen molar-refractivity contribution in [2.24, 2.45) is 0 Å². The summed E-state index contributed by atoms with van der Waals surface area (Å²) >= 11 is 0. The standard InChI is InChI=1S/C31H30FN3O6/c1-39-27-9-8-22-15-28(27)40-19-29(36)34-25-18-35(30(37)10-7-20-5-3-2-4-6-20)12-11-26(25)41-24-14-21(13-23(32)16-24)17-33-31(22)38/h2-10,13-16,25-26H,11-12,17-19H2,1H3,(H,33,38)(H,34,36)/b10-7+/t25-,26+/m1/s1. The minimum atomic E-state index is -0.596. The summed E-state index contributed by atoms with van der Waals surface area (Å²) in [5.74, 6) is -0.749. The molecule has 3 aromatic carbocycles. The summed E-state index contributed by atoms with van der Waals surface area (Å²) in [6, 6.07) is 17.7. The van der Waals surface area contributed by atoms with Gasteiger partial charge in [0, 0.05) is 43.8 Å². The topological polar surface area (TPSA) is 106 Å². The summed E-state index contributed by atoms with van der Waals surface area (Å²) in [4.78, 5) is 40.4. The van der Waals surface area contributed by atoms with Crippen molar-refractivity contribution < 1.29 is 33.0 Å². The zero-order valence-electron chi connectivity index (χ0n) is 22.5. The number of carbonyl (C=O) groups is 3. The minimum Gasteiger partial charge on any atom is -0.493 e. The maximum absolute atomic E-state index is 14.5. The average Bonchev–Trinajstić information content (AvgIpc) is 2.98. The van der Waals surface area contributed by atoms with Crippen molar-refractivity contribution in [1.82, 2.24) is 15.5 Å². The van der Waals surface area contributed by atoms with Crippen LogP contribution in [0.3, 0.4) is 0 Å². The molecule has 0 spiro atoms. The Morgan fingerprint density at radius 3 is 2.73 bits per heavy atom. The molecular weight excluding hydrogens is 529 g/mol. The lowest BCUT2D eigenvalue weighted by molar-refractivity contribution is -0.131. The summed E-state index contributed by atoms with van der Waals surface area (Å²) in [5.41, 5.74) is 1.68. The summed E-state index contributed by atoms with van der Waals surface area (Å²) in [7, 11) is 1.46. The molecule has 1 saturated heterocycles. The van der Waals surface area contributed by atoms with Crippen LogP contribution in [0.25, 0.3) is 6.08 Å². The highest BCUT2D eigenvalue weighted by molar-refractivity contribution is 5.95. The highest BCUT2D eigenvalue weighted by atomic mass is 19.1. The molecule has 2 atom stereocenters. The molecule has 0 unspecified atom stereocenters. The Morgan fingerprint density at radius 2 is 1.93 bits per heavy atom. The number of nitrogens with one attached hydrogen (secondary N) is 2. The zero-order valence-corrected chi connectivity index (χ0v) is 22.5. The van der Waals surface area contributed by atoms with Gasteiger partial charge >= 0.3 is 0 Å². The number of amides is 3. The van der Waals surface area contributed by atoms with Gasteiger partial charge in [-0.3, -0.25) is 14.4 Å². The van der Waals surface area contributed by atoms with Gasteiger partial charge in [-0.15, -0.1) is 0 Å². The first-order valence-corrected chi connectivity index (χ1v) is 13.2. The number of benzene rings is 3. The smallest absolute Gasteiger partial charge is 0.258 e. The van der Waals surface area contributed by atoms with E-state index in [9.17, 15) is 18.8 Å². The van der Waals surface area contributed by atoms with Gasteiger partial charge < -0.3 is 29.7 Å². The molecule has 2 N–H and O–H groups in total. The van der Waals surface area contributed by atoms with Crippen LogP contribution < -0.4 is 24.8 Å². The van der Waals surface area contributed by atoms with Gasteiger partial charge in [0.2, 0.25) is 5.91 Å². The Labute approximate surface area is 236 Å². The molecule has 0 radical (unpaired) electrons. The lowest BCUT2D eigenvalue weighted by Gasteiger charge is -2.38. The lowest BCUT2D eigenvalue weighted by atomic mass is 10.0. The number of methoxy groups -OCH3 is 1. The summed E-state index contributed by atoms with van der Waals surface area (Å²) < 4.78 is 31.7. The van der Waals surface area contributed by atoms with Gasteiger partial charge in [0.15, 0.2) is 18.1 Å². The molecule has 0 aromatic heterocycles. The monoisotopic (exact) mass is 559 g/mol. The molecule has 212 valence electrons. The van der Waals surface area contributed by atoms with Crippen LogP contribution in [-0.4, -0.2) is 61.6 Å². The lowest BCUT2D eigenvalue weighted by Crippen LogP contribution is -2.58. The summed E-state index contributed by atoms with van der Waals surface area (Å²) in [6.45, 7) is 0.270. The van der Waals surface area contributed by atoms with Crippen molar-refractivity contribution in [2.45, 2.75) is 25.1 Å². The molecule has 0 aliphatic carbocycles. The highest BCUT2D eigenvalue weighted by Gasteiger charge is 2.34. The molecule has 2 aliphatic rings. The van der Waals surface area contributed by atoms with Crippen LogP contribution in [-0.2, 0) is 16.1 Å². The van der Waals surface area contributed by atoms with Gasteiger partial charge in [0.25, 0.3) is 11.8 Å². The maximum atomic E-state index is 14.5. The number of hydrogen-bond donors (Lipinski definition) is 2. The molecule has 2 heterocycles. The average molecular weight is 560 g/mol. The third kappa shape index (κ3) is 7.02. The van der Waals surface area contributed by atoms with E-state index in [1.807, 2.05) is 30.3 Å². The fourth-order valence-electron chi connectivity index (χ4n) is 4.82. The first-order valence-electron chi connectivity index (χ1n) is 13.2. The number of rotatable bonds is 3. The van der Waals surface area contributed by atoms with Crippen LogP contribution in [0.4, 0.5) is 4.39 Å². The number of fused-ring (bicyclic) bond motifs is 5. The molecule has 9 nitrogen and oxygen atoms in total. The molecule has 41 heavy (non-hydrogen) atoms. The molecule has 3 amide bonds. The Hall–Kier alpha value is -4.86. The second-order valence-electron chi connectivity index (χ2n) is 9.78. The van der Waals surface area contributed by atoms with E-state index in [1.54, 1.807) is 29.2 Å². The highest BCUT2D eigenvalue weighted by Crippen LogP contribution is 2.29. The molecule has 0 saturated carbocycles. The number of likely N-dealkylation sites (tertiary alicyclic amines) is 1. The van der Waals surface area contributed by atoms with Crippen LogP contribution in [0, 0.1) is 5.82 Å². The van der Waals surface area contributed by atoms with E-state index in [2.05, 4.69) is 10.6 Å². The van der Waals surface area contributed by atoms with Gasteiger partial charge in [0.05, 0.1) is 13.2 Å². The first-order chi connectivity index (χ1) is 19.9. The van der Waals surface area contributed by atoms with E-state index < -0.39 is 29.8 Å². The van der Waals surface area contributed by atoms with Crippen molar-refractivity contribution >= 4 is 23.8 Å². The molecular formula is C31H30FN3O6. The van der Waals surface area contributed by atoms with E-state index in [4.69, 9.17) is 14.2 Å². The second-order valence-corrected chi connectivity index (χ2v) is 9.78. The predicted molar refractivity (Wildman–Crippen MR) is 149 cm³/mol. The van der Waals surface area contributed by atoms with Crippen molar-refractivity contribution in [3.63, 3.8) is 0 Å². The number of halogens is 1.